The van der Waals surface area contributed by atoms with E-state index in [-0.39, 0.29) is 0 Å². The van der Waals surface area contributed by atoms with Gasteiger partial charge < -0.3 is 5.32 Å². The van der Waals surface area contributed by atoms with Crippen LogP contribution in [0.2, 0.25) is 0 Å². The third-order valence-electron chi connectivity index (χ3n) is 2.63. The van der Waals surface area contributed by atoms with Gasteiger partial charge in [0.05, 0.1) is 10.7 Å². The van der Waals surface area contributed by atoms with Gasteiger partial charge in [0, 0.05) is 17.0 Å². The van der Waals surface area contributed by atoms with Crippen molar-refractivity contribution in [3.63, 3.8) is 0 Å². The average Bonchev–Trinajstić information content (AvgIpc) is 2.60. The maximum atomic E-state index is 4.56. The molecule has 3 heteroatoms. The van der Waals surface area contributed by atoms with Crippen LogP contribution in [-0.4, -0.2) is 11.0 Å². The molecule has 0 aliphatic carbocycles. The largest absolute Gasteiger partial charge is 0.307 e. The molecule has 2 nitrogen and oxygen atoms in total. The molecule has 1 aromatic heterocycles. The first-order chi connectivity index (χ1) is 7.58. The second-order valence-electron chi connectivity index (χ2n) is 4.22. The van der Waals surface area contributed by atoms with Gasteiger partial charge in [-0.1, -0.05) is 13.0 Å². The summed E-state index contributed by atoms with van der Waals surface area (Å²) in [6.45, 7) is 12.4. The third-order valence-corrected chi connectivity index (χ3v) is 4.11. The molecule has 0 amide bonds. The van der Waals surface area contributed by atoms with E-state index >= 15 is 0 Å². The Morgan fingerprint density at radius 3 is 2.69 bits per heavy atom. The zero-order chi connectivity index (χ0) is 12.1. The summed E-state index contributed by atoms with van der Waals surface area (Å²) in [5, 5.41) is 4.81. The maximum absolute atomic E-state index is 4.56. The fourth-order valence-corrected chi connectivity index (χ4v) is 2.86. The van der Waals surface area contributed by atoms with Gasteiger partial charge in [-0.25, -0.2) is 4.98 Å². The molecule has 1 heterocycles. The summed E-state index contributed by atoms with van der Waals surface area (Å²) in [5.74, 6) is 0. The Balaban J connectivity index is 2.67. The number of nitrogens with zero attached hydrogens (tertiary/aromatic N) is 1. The molecule has 90 valence electrons. The lowest BCUT2D eigenvalue weighted by Gasteiger charge is -2.18. The summed E-state index contributed by atoms with van der Waals surface area (Å²) in [6.07, 6.45) is 3.99. The molecule has 2 atom stereocenters. The van der Waals surface area contributed by atoms with Crippen molar-refractivity contribution < 1.29 is 0 Å². The minimum atomic E-state index is 0.382. The summed E-state index contributed by atoms with van der Waals surface area (Å²) in [4.78, 5) is 5.93. The highest BCUT2D eigenvalue weighted by Crippen LogP contribution is 2.25. The highest BCUT2D eigenvalue weighted by Gasteiger charge is 2.14. The molecule has 0 spiro atoms. The second-order valence-corrected chi connectivity index (χ2v) is 5.34. The van der Waals surface area contributed by atoms with E-state index in [1.54, 1.807) is 0 Å². The van der Waals surface area contributed by atoms with E-state index in [0.29, 0.717) is 12.1 Å². The zero-order valence-electron chi connectivity index (χ0n) is 10.7. The lowest BCUT2D eigenvalue weighted by Crippen LogP contribution is -2.28. The molecule has 1 aromatic rings. The quantitative estimate of drug-likeness (QED) is 0.766. The Labute approximate surface area is 103 Å². The van der Waals surface area contributed by atoms with Crippen molar-refractivity contribution >= 4 is 11.3 Å². The molecule has 0 aromatic carbocycles. The second kappa shape index (κ2) is 6.16. The molecular weight excluding hydrogens is 216 g/mol. The van der Waals surface area contributed by atoms with Crippen molar-refractivity contribution in [3.05, 3.63) is 28.2 Å². The number of rotatable bonds is 6. The van der Waals surface area contributed by atoms with Gasteiger partial charge >= 0.3 is 0 Å². The van der Waals surface area contributed by atoms with Gasteiger partial charge in [-0.2, -0.15) is 0 Å². The van der Waals surface area contributed by atoms with Gasteiger partial charge in [-0.05, 0) is 33.6 Å². The highest BCUT2D eigenvalue weighted by molar-refractivity contribution is 7.11. The first-order valence-corrected chi connectivity index (χ1v) is 6.73. The highest BCUT2D eigenvalue weighted by atomic mass is 32.1. The van der Waals surface area contributed by atoms with Crippen molar-refractivity contribution in [1.29, 1.82) is 0 Å². The fraction of sp³-hybridized carbons (Fsp3) is 0.615. The number of thiazole rings is 1. The molecule has 0 radical (unpaired) electrons. The summed E-state index contributed by atoms with van der Waals surface area (Å²) >= 11 is 1.83. The summed E-state index contributed by atoms with van der Waals surface area (Å²) in [5.41, 5.74) is 1.17. The Kier molecular flexibility index (Phi) is 5.16. The van der Waals surface area contributed by atoms with Crippen LogP contribution in [0.25, 0.3) is 0 Å². The van der Waals surface area contributed by atoms with E-state index < -0.39 is 0 Å². The predicted octanol–water partition coefficient (Wildman–Crippen LogP) is 3.63. The predicted molar refractivity (Wildman–Crippen MR) is 72.1 cm³/mol. The Hall–Kier alpha value is -0.670. The molecule has 0 aliphatic heterocycles. The van der Waals surface area contributed by atoms with E-state index in [2.05, 4.69) is 44.6 Å². The van der Waals surface area contributed by atoms with E-state index in [4.69, 9.17) is 0 Å². The molecule has 1 rings (SSSR count). The van der Waals surface area contributed by atoms with Gasteiger partial charge in [0.1, 0.15) is 0 Å². The summed E-state index contributed by atoms with van der Waals surface area (Å²) in [6, 6.07) is 0.854. The van der Waals surface area contributed by atoms with E-state index in [0.717, 1.165) is 12.8 Å². The summed E-state index contributed by atoms with van der Waals surface area (Å²) < 4.78 is 0. The molecular formula is C13H22N2S. The van der Waals surface area contributed by atoms with E-state index in [1.807, 2.05) is 17.4 Å². The minimum absolute atomic E-state index is 0.382. The number of hydrogen-bond donors (Lipinski definition) is 1. The molecule has 2 unspecified atom stereocenters. The van der Waals surface area contributed by atoms with E-state index in [1.165, 1.54) is 15.6 Å². The molecule has 0 fully saturated rings. The van der Waals surface area contributed by atoms with Crippen molar-refractivity contribution in [2.45, 2.75) is 52.6 Å². The number of aryl methyl sites for hydroxylation is 2. The molecule has 0 bridgehead atoms. The van der Waals surface area contributed by atoms with Crippen LogP contribution >= 0.6 is 11.3 Å². The Morgan fingerprint density at radius 1 is 1.50 bits per heavy atom. The van der Waals surface area contributed by atoms with Crippen LogP contribution in [0.15, 0.2) is 12.7 Å². The van der Waals surface area contributed by atoms with Gasteiger partial charge in [-0.3, -0.25) is 0 Å². The molecule has 1 N–H and O–H groups in total. The van der Waals surface area contributed by atoms with Crippen LogP contribution in [0.4, 0.5) is 0 Å². The summed E-state index contributed by atoms with van der Waals surface area (Å²) in [7, 11) is 0. The number of aromatic nitrogens is 1. The van der Waals surface area contributed by atoms with Crippen LogP contribution < -0.4 is 5.32 Å². The molecule has 0 saturated heterocycles. The third kappa shape index (κ3) is 3.42. The topological polar surface area (TPSA) is 24.9 Å². The minimum Gasteiger partial charge on any atom is -0.307 e. The maximum Gasteiger partial charge on any atom is 0.0928 e. The van der Waals surface area contributed by atoms with Crippen molar-refractivity contribution in [1.82, 2.24) is 10.3 Å². The standard InChI is InChI=1S/C13H22N2S/c1-6-8-9(3)14-10(4)13-11(5)15-12(7-2)16-13/h6,9-10,14H,1,7-8H2,2-5H3. The van der Waals surface area contributed by atoms with Gasteiger partial charge in [0.2, 0.25) is 0 Å². The van der Waals surface area contributed by atoms with Crippen molar-refractivity contribution in [2.75, 3.05) is 0 Å². The average molecular weight is 238 g/mol. The van der Waals surface area contributed by atoms with Crippen LogP contribution in [0.3, 0.4) is 0 Å². The van der Waals surface area contributed by atoms with Crippen molar-refractivity contribution in [2.24, 2.45) is 0 Å². The first kappa shape index (κ1) is 13.4. The Morgan fingerprint density at radius 2 is 2.19 bits per heavy atom. The van der Waals surface area contributed by atoms with Crippen LogP contribution in [-0.2, 0) is 6.42 Å². The SMILES string of the molecule is C=CCC(C)NC(C)c1sc(CC)nc1C. The Bertz CT molecular complexity index is 344. The number of nitrogens with one attached hydrogen (secondary N) is 1. The van der Waals surface area contributed by atoms with E-state index in [9.17, 15) is 0 Å². The lowest BCUT2D eigenvalue weighted by atomic mass is 10.1. The smallest absolute Gasteiger partial charge is 0.0928 e. The molecule has 0 aliphatic rings. The van der Waals surface area contributed by atoms with Gasteiger partial charge in [0.15, 0.2) is 0 Å². The fourth-order valence-electron chi connectivity index (χ4n) is 1.84. The molecule has 16 heavy (non-hydrogen) atoms. The van der Waals surface area contributed by atoms with Gasteiger partial charge in [0.25, 0.3) is 0 Å². The van der Waals surface area contributed by atoms with Crippen LogP contribution in [0.5, 0.6) is 0 Å². The van der Waals surface area contributed by atoms with Crippen LogP contribution in [0, 0.1) is 6.92 Å². The van der Waals surface area contributed by atoms with Gasteiger partial charge in [-0.15, -0.1) is 17.9 Å². The first-order valence-electron chi connectivity index (χ1n) is 5.91. The zero-order valence-corrected chi connectivity index (χ0v) is 11.5. The monoisotopic (exact) mass is 238 g/mol. The van der Waals surface area contributed by atoms with Crippen LogP contribution in [0.1, 0.15) is 48.8 Å². The van der Waals surface area contributed by atoms with Crippen molar-refractivity contribution in [3.8, 4) is 0 Å². The lowest BCUT2D eigenvalue weighted by molar-refractivity contribution is 0.486. The normalized spacial score (nSPS) is 14.8. The number of hydrogen-bond acceptors (Lipinski definition) is 3. The molecule has 0 saturated carbocycles.